The van der Waals surface area contributed by atoms with Crippen molar-refractivity contribution in [2.24, 2.45) is 5.92 Å². The number of aromatic nitrogens is 4. The van der Waals surface area contributed by atoms with Crippen LogP contribution >= 0.6 is 0 Å². The Morgan fingerprint density at radius 3 is 2.59 bits per heavy atom. The lowest BCUT2D eigenvalue weighted by Gasteiger charge is -2.31. The molecule has 1 N–H and O–H groups in total. The molecule has 5 rings (SSSR count). The van der Waals surface area contributed by atoms with Crippen LogP contribution in [-0.4, -0.2) is 49.4 Å². The fraction of sp³-hybridized carbons (Fsp3) is 0.348. The van der Waals surface area contributed by atoms with Gasteiger partial charge in [-0.3, -0.25) is 14.8 Å². The third-order valence-electron chi connectivity index (χ3n) is 6.18. The first-order valence-electron chi connectivity index (χ1n) is 10.7. The molecule has 1 aliphatic carbocycles. The van der Waals surface area contributed by atoms with Crippen molar-refractivity contribution in [1.29, 1.82) is 0 Å². The highest BCUT2D eigenvalue weighted by atomic mass is 19.4. The Kier molecular flexibility index (Phi) is 5.14. The molecule has 1 aromatic carbocycles. The number of alkyl halides is 3. The first kappa shape index (κ1) is 22.1. The summed E-state index contributed by atoms with van der Waals surface area (Å²) >= 11 is 0. The highest BCUT2D eigenvalue weighted by molar-refractivity contribution is 6.00. The lowest BCUT2D eigenvalue weighted by molar-refractivity contribution is -0.212. The number of nitrogens with one attached hydrogen (secondary N) is 1. The van der Waals surface area contributed by atoms with E-state index >= 15 is 0 Å². The quantitative estimate of drug-likeness (QED) is 0.560. The fourth-order valence-electron chi connectivity index (χ4n) is 4.23. The second kappa shape index (κ2) is 7.93. The fourth-order valence-corrected chi connectivity index (χ4v) is 4.23. The average molecular weight is 471 g/mol. The average Bonchev–Trinajstić information content (AvgIpc) is 3.51. The van der Waals surface area contributed by atoms with Gasteiger partial charge in [0.25, 0.3) is 5.91 Å². The van der Waals surface area contributed by atoms with Crippen LogP contribution in [0.3, 0.4) is 0 Å². The number of carbonyl (C=O) groups is 2. The van der Waals surface area contributed by atoms with E-state index in [4.69, 9.17) is 4.74 Å². The second-order valence-corrected chi connectivity index (χ2v) is 8.61. The number of rotatable bonds is 5. The standard InChI is InChI=1S/C23H20F3N5O3/c1-11-7-18(30-28-11)19-9-15(10-27-29-19)14-5-6-16-17(8-14)21(34-22(33)23(24,25)26)31(20(16)32)12(2)13-3-4-13/h5-10,12-13,21H,3-4H2,1-2H3,(H,28,30)/t12-,21?/m0/s1. The molecule has 2 aromatic heterocycles. The molecule has 8 nitrogen and oxygen atoms in total. The SMILES string of the molecule is Cc1cc(-c2cc(-c3ccc4c(c3)C(OC(=O)C(F)(F)F)N([C@@H](C)C3CC3)C4=O)cnn2)n[nH]1. The van der Waals surface area contributed by atoms with Gasteiger partial charge in [-0.1, -0.05) is 6.07 Å². The molecular formula is C23H20F3N5O3. The minimum atomic E-state index is -5.18. The van der Waals surface area contributed by atoms with E-state index in [1.807, 2.05) is 6.92 Å². The molecule has 0 bridgehead atoms. The van der Waals surface area contributed by atoms with Crippen LogP contribution in [0.1, 0.15) is 47.6 Å². The molecule has 1 unspecified atom stereocenters. The molecule has 3 heterocycles. The van der Waals surface area contributed by atoms with Crippen molar-refractivity contribution in [1.82, 2.24) is 25.3 Å². The van der Waals surface area contributed by atoms with Crippen molar-refractivity contribution in [3.05, 3.63) is 53.3 Å². The maximum Gasteiger partial charge on any atom is 0.491 e. The predicted molar refractivity (Wildman–Crippen MR) is 113 cm³/mol. The Balaban J connectivity index is 1.54. The molecule has 34 heavy (non-hydrogen) atoms. The van der Waals surface area contributed by atoms with Crippen molar-refractivity contribution >= 4 is 11.9 Å². The molecule has 1 amide bonds. The van der Waals surface area contributed by atoms with Crippen molar-refractivity contribution in [2.45, 2.75) is 45.1 Å². The van der Waals surface area contributed by atoms with Gasteiger partial charge in [0.15, 0.2) is 0 Å². The van der Waals surface area contributed by atoms with Crippen LogP contribution in [-0.2, 0) is 9.53 Å². The number of fused-ring (bicyclic) bond motifs is 1. The summed E-state index contributed by atoms with van der Waals surface area (Å²) in [5.41, 5.74) is 3.56. The zero-order valence-corrected chi connectivity index (χ0v) is 18.3. The maximum atomic E-state index is 13.1. The number of benzene rings is 1. The molecule has 2 atom stereocenters. The third kappa shape index (κ3) is 3.91. The van der Waals surface area contributed by atoms with Gasteiger partial charge in [0, 0.05) is 28.4 Å². The third-order valence-corrected chi connectivity index (χ3v) is 6.18. The molecule has 0 saturated heterocycles. The van der Waals surface area contributed by atoms with Crippen LogP contribution in [0.5, 0.6) is 0 Å². The van der Waals surface area contributed by atoms with Crippen LogP contribution in [0, 0.1) is 12.8 Å². The van der Waals surface area contributed by atoms with Gasteiger partial charge in [-0.15, -0.1) is 5.10 Å². The van der Waals surface area contributed by atoms with Gasteiger partial charge < -0.3 is 4.74 Å². The van der Waals surface area contributed by atoms with E-state index < -0.39 is 24.3 Å². The van der Waals surface area contributed by atoms with E-state index in [1.165, 1.54) is 11.1 Å². The Hall–Kier alpha value is -3.76. The van der Waals surface area contributed by atoms with Gasteiger partial charge in [0.05, 0.1) is 6.20 Å². The molecule has 2 aliphatic rings. The molecule has 1 fully saturated rings. The summed E-state index contributed by atoms with van der Waals surface area (Å²) in [6.07, 6.45) is -3.41. The molecule has 176 valence electrons. The van der Waals surface area contributed by atoms with Crippen molar-refractivity contribution in [3.8, 4) is 22.5 Å². The highest BCUT2D eigenvalue weighted by Crippen LogP contribution is 2.45. The van der Waals surface area contributed by atoms with Crippen molar-refractivity contribution in [3.63, 3.8) is 0 Å². The number of halogens is 3. The van der Waals surface area contributed by atoms with Gasteiger partial charge in [-0.25, -0.2) is 4.79 Å². The van der Waals surface area contributed by atoms with Crippen LogP contribution in [0.25, 0.3) is 22.5 Å². The lowest BCUT2D eigenvalue weighted by atomic mass is 10.0. The summed E-state index contributed by atoms with van der Waals surface area (Å²) in [6, 6.07) is 7.96. The first-order chi connectivity index (χ1) is 16.1. The van der Waals surface area contributed by atoms with Gasteiger partial charge in [-0.2, -0.15) is 23.4 Å². The van der Waals surface area contributed by atoms with Gasteiger partial charge >= 0.3 is 12.1 Å². The van der Waals surface area contributed by atoms with E-state index in [1.54, 1.807) is 37.3 Å². The van der Waals surface area contributed by atoms with Crippen molar-refractivity contribution in [2.75, 3.05) is 0 Å². The Bertz CT molecular complexity index is 1280. The summed E-state index contributed by atoms with van der Waals surface area (Å²) in [6.45, 7) is 3.61. The summed E-state index contributed by atoms with van der Waals surface area (Å²) in [5, 5.41) is 15.1. The minimum Gasteiger partial charge on any atom is -0.430 e. The highest BCUT2D eigenvalue weighted by Gasteiger charge is 2.50. The number of hydrogen-bond donors (Lipinski definition) is 1. The van der Waals surface area contributed by atoms with E-state index in [0.29, 0.717) is 22.5 Å². The van der Waals surface area contributed by atoms with E-state index in [2.05, 4.69) is 20.4 Å². The number of hydrogen-bond acceptors (Lipinski definition) is 6. The Morgan fingerprint density at radius 2 is 1.94 bits per heavy atom. The number of ether oxygens (including phenoxy) is 1. The normalized spacial score (nSPS) is 18.7. The zero-order valence-electron chi connectivity index (χ0n) is 18.3. The summed E-state index contributed by atoms with van der Waals surface area (Å²) < 4.78 is 43.9. The number of H-pyrrole nitrogens is 1. The van der Waals surface area contributed by atoms with Crippen LogP contribution < -0.4 is 0 Å². The lowest BCUT2D eigenvalue weighted by Crippen LogP contribution is -2.41. The second-order valence-electron chi connectivity index (χ2n) is 8.61. The molecule has 1 aliphatic heterocycles. The van der Waals surface area contributed by atoms with E-state index in [0.717, 1.165) is 18.5 Å². The number of esters is 1. The number of amides is 1. The number of carbonyl (C=O) groups excluding carboxylic acids is 2. The van der Waals surface area contributed by atoms with E-state index in [9.17, 15) is 22.8 Å². The number of nitrogens with zero attached hydrogens (tertiary/aromatic N) is 4. The smallest absolute Gasteiger partial charge is 0.430 e. The minimum absolute atomic E-state index is 0.161. The molecule has 3 aromatic rings. The summed E-state index contributed by atoms with van der Waals surface area (Å²) in [7, 11) is 0. The first-order valence-corrected chi connectivity index (χ1v) is 10.7. The van der Waals surface area contributed by atoms with Crippen molar-refractivity contribution < 1.29 is 27.5 Å². The van der Waals surface area contributed by atoms with Gasteiger partial charge in [-0.05, 0) is 62.4 Å². The van der Waals surface area contributed by atoms with Crippen LogP contribution in [0.15, 0.2) is 36.5 Å². The number of aromatic amines is 1. The molecule has 0 spiro atoms. The molecular weight excluding hydrogens is 451 g/mol. The van der Waals surface area contributed by atoms with E-state index in [-0.39, 0.29) is 23.1 Å². The topological polar surface area (TPSA) is 101 Å². The molecule has 11 heteroatoms. The monoisotopic (exact) mass is 471 g/mol. The molecule has 0 radical (unpaired) electrons. The van der Waals surface area contributed by atoms with Gasteiger partial charge in [0.1, 0.15) is 11.4 Å². The molecule has 1 saturated carbocycles. The predicted octanol–water partition coefficient (Wildman–Crippen LogP) is 4.20. The Labute approximate surface area is 192 Å². The zero-order chi connectivity index (χ0) is 24.2. The Morgan fingerprint density at radius 1 is 1.18 bits per heavy atom. The number of aryl methyl sites for hydroxylation is 1. The maximum absolute atomic E-state index is 13.1. The largest absolute Gasteiger partial charge is 0.491 e. The summed E-state index contributed by atoms with van der Waals surface area (Å²) in [5.74, 6) is -2.63. The van der Waals surface area contributed by atoms with Crippen LogP contribution in [0.2, 0.25) is 0 Å². The summed E-state index contributed by atoms with van der Waals surface area (Å²) in [4.78, 5) is 26.1. The van der Waals surface area contributed by atoms with Gasteiger partial charge in [0.2, 0.25) is 6.23 Å². The van der Waals surface area contributed by atoms with Crippen LogP contribution in [0.4, 0.5) is 13.2 Å².